The number of rotatable bonds is 5. The Kier molecular flexibility index (Phi) is 6.30. The van der Waals surface area contributed by atoms with Crippen molar-refractivity contribution in [1.82, 2.24) is 4.90 Å². The number of allylic oxidation sites excluding steroid dienone is 1. The topological polar surface area (TPSA) is 52.6 Å². The van der Waals surface area contributed by atoms with Crippen LogP contribution >= 0.6 is 0 Å². The maximum Gasteiger partial charge on any atom is 0.314 e. The number of carbonyl (C=O) groups is 1. The molecule has 0 aromatic heterocycles. The van der Waals surface area contributed by atoms with E-state index < -0.39 is 63.7 Å². The quantitative estimate of drug-likeness (QED) is 0.525. The molecule has 1 amide bonds. The molecule has 4 nitrogen and oxygen atoms in total. The van der Waals surface area contributed by atoms with Crippen LogP contribution in [0.25, 0.3) is 0 Å². The lowest BCUT2D eigenvalue weighted by Crippen LogP contribution is -2.40. The summed E-state index contributed by atoms with van der Waals surface area (Å²) in [5, 5.41) is 11.6. The smallest absolute Gasteiger partial charge is 0.314 e. The van der Waals surface area contributed by atoms with Crippen LogP contribution < -0.4 is 5.32 Å². The molecule has 1 heterocycles. The van der Waals surface area contributed by atoms with E-state index in [0.29, 0.717) is 24.3 Å². The summed E-state index contributed by atoms with van der Waals surface area (Å²) in [6, 6.07) is 3.23. The number of hydrogen-bond acceptors (Lipinski definition) is 3. The number of piperidine rings is 1. The summed E-state index contributed by atoms with van der Waals surface area (Å²) < 4.78 is 83.9. The number of likely N-dealkylation sites (tertiary alicyclic amines) is 1. The Morgan fingerprint density at radius 1 is 1.03 bits per heavy atom. The zero-order valence-corrected chi connectivity index (χ0v) is 16.1. The van der Waals surface area contributed by atoms with Gasteiger partial charge in [-0.05, 0) is 31.0 Å². The van der Waals surface area contributed by atoms with Crippen LogP contribution in [0.5, 0.6) is 0 Å². The first-order chi connectivity index (χ1) is 14.5. The number of halogens is 6. The number of hydrogen-bond donors (Lipinski definition) is 2. The minimum Gasteiger partial charge on any atom is -0.393 e. The van der Waals surface area contributed by atoms with Gasteiger partial charge in [-0.2, -0.15) is 8.78 Å². The highest BCUT2D eigenvalue weighted by molar-refractivity contribution is 6.04. The molecule has 1 saturated heterocycles. The van der Waals surface area contributed by atoms with Gasteiger partial charge in [-0.15, -0.1) is 0 Å². The standard InChI is InChI=1S/C21H18F6N2O2/c1-11(29-6-4-14(30)5-7-29)21(26,27)15-8-12(2-3-16(15)22)20(31)28-13-9-17(23)19(25)18(24)10-13/h2-3,8-10,14,30H,1,4-7H2,(H,28,31). The highest BCUT2D eigenvalue weighted by Gasteiger charge is 2.41. The number of aliphatic hydroxyl groups is 1. The van der Waals surface area contributed by atoms with E-state index in [2.05, 4.69) is 6.58 Å². The third-order valence-electron chi connectivity index (χ3n) is 5.02. The van der Waals surface area contributed by atoms with Crippen LogP contribution in [-0.2, 0) is 5.92 Å². The lowest BCUT2D eigenvalue weighted by atomic mass is 9.99. The van der Waals surface area contributed by atoms with Gasteiger partial charge in [0.15, 0.2) is 17.5 Å². The van der Waals surface area contributed by atoms with Crippen molar-refractivity contribution in [1.29, 1.82) is 0 Å². The number of nitrogens with zero attached hydrogens (tertiary/aromatic N) is 1. The molecule has 10 heteroatoms. The number of benzene rings is 2. The third kappa shape index (κ3) is 4.68. The summed E-state index contributed by atoms with van der Waals surface area (Å²) >= 11 is 0. The molecule has 0 radical (unpaired) electrons. The molecule has 0 atom stereocenters. The fraction of sp³-hybridized carbons (Fsp3) is 0.286. The number of amides is 1. The third-order valence-corrected chi connectivity index (χ3v) is 5.02. The molecule has 1 fully saturated rings. The van der Waals surface area contributed by atoms with Crippen molar-refractivity contribution in [3.05, 3.63) is 77.0 Å². The second-order valence-electron chi connectivity index (χ2n) is 7.14. The molecule has 0 bridgehead atoms. The molecule has 0 saturated carbocycles. The Morgan fingerprint density at radius 2 is 1.61 bits per heavy atom. The van der Waals surface area contributed by atoms with Gasteiger partial charge < -0.3 is 15.3 Å². The summed E-state index contributed by atoms with van der Waals surface area (Å²) in [5.41, 5.74) is -2.65. The van der Waals surface area contributed by atoms with Crippen molar-refractivity contribution in [2.24, 2.45) is 0 Å². The molecule has 3 rings (SSSR count). The molecule has 2 aromatic rings. The van der Waals surface area contributed by atoms with Gasteiger partial charge in [-0.3, -0.25) is 4.79 Å². The van der Waals surface area contributed by atoms with Crippen LogP contribution in [0.1, 0.15) is 28.8 Å². The number of aliphatic hydroxyl groups excluding tert-OH is 1. The maximum atomic E-state index is 15.0. The van der Waals surface area contributed by atoms with E-state index in [1.165, 1.54) is 4.90 Å². The Morgan fingerprint density at radius 3 is 2.19 bits per heavy atom. The Hall–Kier alpha value is -3.01. The number of alkyl halides is 2. The van der Waals surface area contributed by atoms with E-state index in [-0.39, 0.29) is 25.9 Å². The molecule has 1 aliphatic rings. The number of anilines is 1. The van der Waals surface area contributed by atoms with Gasteiger partial charge in [0.05, 0.1) is 17.4 Å². The molecular formula is C21H18F6N2O2. The van der Waals surface area contributed by atoms with Crippen molar-refractivity contribution >= 4 is 11.6 Å². The van der Waals surface area contributed by atoms with Gasteiger partial charge in [-0.25, -0.2) is 17.6 Å². The molecule has 31 heavy (non-hydrogen) atoms. The van der Waals surface area contributed by atoms with Crippen LogP contribution in [0.4, 0.5) is 32.0 Å². The predicted molar refractivity (Wildman–Crippen MR) is 101 cm³/mol. The fourth-order valence-electron chi connectivity index (χ4n) is 3.23. The Bertz CT molecular complexity index is 996. The highest BCUT2D eigenvalue weighted by Crippen LogP contribution is 2.39. The average molecular weight is 444 g/mol. The number of nitrogens with one attached hydrogen (secondary N) is 1. The van der Waals surface area contributed by atoms with Crippen LogP contribution in [0.3, 0.4) is 0 Å². The van der Waals surface area contributed by atoms with Crippen LogP contribution in [0.2, 0.25) is 0 Å². The first-order valence-corrected chi connectivity index (χ1v) is 9.27. The predicted octanol–water partition coefficient (Wildman–Crippen LogP) is 4.56. The van der Waals surface area contributed by atoms with Crippen molar-refractivity contribution in [3.63, 3.8) is 0 Å². The van der Waals surface area contributed by atoms with Crippen molar-refractivity contribution in [2.75, 3.05) is 18.4 Å². The summed E-state index contributed by atoms with van der Waals surface area (Å²) in [4.78, 5) is 13.6. The van der Waals surface area contributed by atoms with Gasteiger partial charge in [0.1, 0.15) is 5.82 Å². The lowest BCUT2D eigenvalue weighted by Gasteiger charge is -2.36. The lowest BCUT2D eigenvalue weighted by molar-refractivity contribution is -0.00882. The Labute approximate surface area is 173 Å². The normalized spacial score (nSPS) is 15.1. The summed E-state index contributed by atoms with van der Waals surface area (Å²) in [7, 11) is 0. The Balaban J connectivity index is 1.85. The second-order valence-corrected chi connectivity index (χ2v) is 7.14. The fourth-order valence-corrected chi connectivity index (χ4v) is 3.23. The monoisotopic (exact) mass is 444 g/mol. The van der Waals surface area contributed by atoms with E-state index in [4.69, 9.17) is 0 Å². The van der Waals surface area contributed by atoms with Gasteiger partial charge in [0.2, 0.25) is 0 Å². The highest BCUT2D eigenvalue weighted by atomic mass is 19.3. The molecule has 0 aliphatic carbocycles. The second kappa shape index (κ2) is 8.62. The van der Waals surface area contributed by atoms with E-state index in [0.717, 1.165) is 6.07 Å². The van der Waals surface area contributed by atoms with Gasteiger partial charge in [0, 0.05) is 36.5 Å². The summed E-state index contributed by atoms with van der Waals surface area (Å²) in [5.74, 6) is -11.0. The van der Waals surface area contributed by atoms with Crippen molar-refractivity contribution < 1.29 is 36.2 Å². The zero-order chi connectivity index (χ0) is 22.9. The first kappa shape index (κ1) is 22.7. The average Bonchev–Trinajstić information content (AvgIpc) is 2.72. The van der Waals surface area contributed by atoms with Gasteiger partial charge in [0.25, 0.3) is 5.91 Å². The maximum absolute atomic E-state index is 15.0. The first-order valence-electron chi connectivity index (χ1n) is 9.27. The van der Waals surface area contributed by atoms with Crippen molar-refractivity contribution in [3.8, 4) is 0 Å². The molecule has 2 aromatic carbocycles. The van der Waals surface area contributed by atoms with E-state index in [1.807, 2.05) is 5.32 Å². The SMILES string of the molecule is C=C(N1CCC(O)CC1)C(F)(F)c1cc(C(=O)Nc2cc(F)c(F)c(F)c2)ccc1F. The van der Waals surface area contributed by atoms with E-state index in [9.17, 15) is 36.2 Å². The van der Waals surface area contributed by atoms with Crippen LogP contribution in [-0.4, -0.2) is 35.1 Å². The molecular weight excluding hydrogens is 426 g/mol. The van der Waals surface area contributed by atoms with E-state index >= 15 is 0 Å². The van der Waals surface area contributed by atoms with Gasteiger partial charge >= 0.3 is 5.92 Å². The molecule has 2 N–H and O–H groups in total. The minimum absolute atomic E-state index is 0.110. The van der Waals surface area contributed by atoms with Crippen LogP contribution in [0.15, 0.2) is 42.6 Å². The van der Waals surface area contributed by atoms with Crippen LogP contribution in [0, 0.1) is 23.3 Å². The number of carbonyl (C=O) groups excluding carboxylic acids is 1. The minimum atomic E-state index is -3.86. The summed E-state index contributed by atoms with van der Waals surface area (Å²) in [6.45, 7) is 3.59. The molecule has 1 aliphatic heterocycles. The molecule has 166 valence electrons. The zero-order valence-electron chi connectivity index (χ0n) is 16.1. The molecule has 0 spiro atoms. The summed E-state index contributed by atoms with van der Waals surface area (Å²) in [6.07, 6.45) is -0.0992. The molecule has 0 unspecified atom stereocenters. The van der Waals surface area contributed by atoms with Gasteiger partial charge in [-0.1, -0.05) is 6.58 Å². The van der Waals surface area contributed by atoms with Crippen molar-refractivity contribution in [2.45, 2.75) is 24.9 Å². The largest absolute Gasteiger partial charge is 0.393 e. The van der Waals surface area contributed by atoms with E-state index in [1.54, 1.807) is 0 Å².